The molecule has 5 nitrogen and oxygen atoms in total. The van der Waals surface area contributed by atoms with E-state index in [1.165, 1.54) is 19.3 Å². The summed E-state index contributed by atoms with van der Waals surface area (Å²) in [5.74, 6) is 0.839. The maximum atomic E-state index is 10.7. The first kappa shape index (κ1) is 17.8. The average molecular weight is 340 g/mol. The van der Waals surface area contributed by atoms with Crippen LogP contribution < -0.4 is 10.2 Å². The summed E-state index contributed by atoms with van der Waals surface area (Å²) in [6.45, 7) is 7.02. The van der Waals surface area contributed by atoms with Crippen molar-refractivity contribution in [3.8, 4) is 0 Å². The second-order valence-electron chi connectivity index (χ2n) is 7.09. The van der Waals surface area contributed by atoms with Crippen LogP contribution >= 0.6 is 0 Å². The minimum atomic E-state index is -0.904. The van der Waals surface area contributed by atoms with E-state index in [4.69, 9.17) is 4.98 Å². The molecule has 2 N–H and O–H groups in total. The van der Waals surface area contributed by atoms with Crippen molar-refractivity contribution in [2.45, 2.75) is 45.3 Å². The van der Waals surface area contributed by atoms with Gasteiger partial charge < -0.3 is 15.3 Å². The Morgan fingerprint density at radius 1 is 1.12 bits per heavy atom. The van der Waals surface area contributed by atoms with Crippen molar-refractivity contribution in [3.63, 3.8) is 0 Å². The van der Waals surface area contributed by atoms with Gasteiger partial charge in [-0.2, -0.15) is 0 Å². The minimum Gasteiger partial charge on any atom is -0.384 e. The number of rotatable bonds is 6. The molecule has 25 heavy (non-hydrogen) atoms. The van der Waals surface area contributed by atoms with Gasteiger partial charge in [-0.1, -0.05) is 30.3 Å². The Balaban J connectivity index is 1.62. The van der Waals surface area contributed by atoms with Crippen molar-refractivity contribution < 1.29 is 5.11 Å². The predicted molar refractivity (Wildman–Crippen MR) is 101 cm³/mol. The molecule has 1 aromatic carbocycles. The van der Waals surface area contributed by atoms with Gasteiger partial charge in [0.25, 0.3) is 0 Å². The van der Waals surface area contributed by atoms with Crippen molar-refractivity contribution in [2.24, 2.45) is 0 Å². The number of aromatic nitrogens is 2. The molecule has 5 heteroatoms. The zero-order chi connectivity index (χ0) is 17.7. The van der Waals surface area contributed by atoms with Crippen molar-refractivity contribution in [2.75, 3.05) is 24.5 Å². The SMILES string of the molecule is Cc1cc(CNCC(C)(O)c2ccccc2)nc(N2CCCCC2)n1. The van der Waals surface area contributed by atoms with Gasteiger partial charge in [0.2, 0.25) is 5.95 Å². The Bertz CT molecular complexity index is 681. The highest BCUT2D eigenvalue weighted by Gasteiger charge is 2.22. The molecule has 1 atom stereocenters. The Morgan fingerprint density at radius 3 is 2.56 bits per heavy atom. The van der Waals surface area contributed by atoms with E-state index in [0.717, 1.165) is 36.0 Å². The molecule has 1 aliphatic heterocycles. The van der Waals surface area contributed by atoms with E-state index in [2.05, 4.69) is 15.2 Å². The van der Waals surface area contributed by atoms with Crippen LogP contribution in [0.2, 0.25) is 0 Å². The molecular weight excluding hydrogens is 312 g/mol. The third kappa shape index (κ3) is 4.77. The van der Waals surface area contributed by atoms with Gasteiger partial charge in [0.15, 0.2) is 0 Å². The Morgan fingerprint density at radius 2 is 1.84 bits per heavy atom. The molecule has 0 bridgehead atoms. The Hall–Kier alpha value is -1.98. The molecule has 0 amide bonds. The quantitative estimate of drug-likeness (QED) is 0.847. The van der Waals surface area contributed by atoms with Crippen molar-refractivity contribution in [1.82, 2.24) is 15.3 Å². The number of aryl methyl sites for hydroxylation is 1. The summed E-state index contributed by atoms with van der Waals surface area (Å²) in [5, 5.41) is 14.0. The molecule has 2 aromatic rings. The lowest BCUT2D eigenvalue weighted by atomic mass is 9.96. The average Bonchev–Trinajstić information content (AvgIpc) is 2.63. The second kappa shape index (κ2) is 7.93. The monoisotopic (exact) mass is 340 g/mol. The number of nitrogens with one attached hydrogen (secondary N) is 1. The van der Waals surface area contributed by atoms with Gasteiger partial charge in [0.05, 0.1) is 11.3 Å². The maximum Gasteiger partial charge on any atom is 0.225 e. The van der Waals surface area contributed by atoms with Crippen LogP contribution in [0.15, 0.2) is 36.4 Å². The molecule has 1 saturated heterocycles. The fourth-order valence-corrected chi connectivity index (χ4v) is 3.28. The highest BCUT2D eigenvalue weighted by molar-refractivity contribution is 5.33. The Labute approximate surface area is 150 Å². The molecule has 0 spiro atoms. The van der Waals surface area contributed by atoms with Crippen LogP contribution in [0.5, 0.6) is 0 Å². The Kier molecular flexibility index (Phi) is 5.66. The molecule has 1 aromatic heterocycles. The van der Waals surface area contributed by atoms with Gasteiger partial charge >= 0.3 is 0 Å². The highest BCUT2D eigenvalue weighted by Crippen LogP contribution is 2.20. The molecular formula is C20H28N4O. The molecule has 0 radical (unpaired) electrons. The summed E-state index contributed by atoms with van der Waals surface area (Å²) in [7, 11) is 0. The van der Waals surface area contributed by atoms with Gasteiger partial charge in [-0.25, -0.2) is 9.97 Å². The van der Waals surface area contributed by atoms with Gasteiger partial charge in [0, 0.05) is 31.9 Å². The van der Waals surface area contributed by atoms with Crippen LogP contribution in [0, 0.1) is 6.92 Å². The topological polar surface area (TPSA) is 61.3 Å². The highest BCUT2D eigenvalue weighted by atomic mass is 16.3. The summed E-state index contributed by atoms with van der Waals surface area (Å²) in [4.78, 5) is 11.6. The predicted octanol–water partition coefficient (Wildman–Crippen LogP) is 2.77. The zero-order valence-electron chi connectivity index (χ0n) is 15.2. The van der Waals surface area contributed by atoms with Crippen LogP contribution in [0.1, 0.15) is 43.1 Å². The number of hydrogen-bond acceptors (Lipinski definition) is 5. The van der Waals surface area contributed by atoms with Gasteiger partial charge in [-0.05, 0) is 44.7 Å². The molecule has 1 fully saturated rings. The first-order valence-corrected chi connectivity index (χ1v) is 9.13. The van der Waals surface area contributed by atoms with Crippen molar-refractivity contribution >= 4 is 5.95 Å². The lowest BCUT2D eigenvalue weighted by Gasteiger charge is -2.27. The molecule has 3 rings (SSSR count). The maximum absolute atomic E-state index is 10.7. The van der Waals surface area contributed by atoms with Crippen molar-refractivity contribution in [1.29, 1.82) is 0 Å². The van der Waals surface area contributed by atoms with Crippen LogP contribution in [0.25, 0.3) is 0 Å². The smallest absolute Gasteiger partial charge is 0.225 e. The van der Waals surface area contributed by atoms with Gasteiger partial charge in [0.1, 0.15) is 0 Å². The standard InChI is InChI=1S/C20H28N4O/c1-16-13-18(23-19(22-16)24-11-7-4-8-12-24)14-21-15-20(2,25)17-9-5-3-6-10-17/h3,5-6,9-10,13,21,25H,4,7-8,11-12,14-15H2,1-2H3. The number of anilines is 1. The molecule has 134 valence electrons. The summed E-state index contributed by atoms with van der Waals surface area (Å²) >= 11 is 0. The number of aliphatic hydroxyl groups is 1. The lowest BCUT2D eigenvalue weighted by molar-refractivity contribution is 0.0566. The number of benzene rings is 1. The summed E-state index contributed by atoms with van der Waals surface area (Å²) in [6.07, 6.45) is 3.72. The van der Waals surface area contributed by atoms with E-state index in [-0.39, 0.29) is 0 Å². The second-order valence-corrected chi connectivity index (χ2v) is 7.09. The summed E-state index contributed by atoms with van der Waals surface area (Å²) < 4.78 is 0. The molecule has 2 heterocycles. The van der Waals surface area contributed by atoms with Crippen molar-refractivity contribution in [3.05, 3.63) is 53.3 Å². The fraction of sp³-hybridized carbons (Fsp3) is 0.500. The van der Waals surface area contributed by atoms with Crippen LogP contribution in [-0.2, 0) is 12.1 Å². The molecule has 0 saturated carbocycles. The first-order valence-electron chi connectivity index (χ1n) is 9.13. The van der Waals surface area contributed by atoms with Gasteiger partial charge in [-0.15, -0.1) is 0 Å². The van der Waals surface area contributed by atoms with E-state index in [1.807, 2.05) is 50.2 Å². The fourth-order valence-electron chi connectivity index (χ4n) is 3.28. The van der Waals surface area contributed by atoms with E-state index < -0.39 is 5.60 Å². The molecule has 1 aliphatic rings. The normalized spacial score (nSPS) is 17.3. The zero-order valence-corrected chi connectivity index (χ0v) is 15.2. The van der Waals surface area contributed by atoms with Gasteiger partial charge in [-0.3, -0.25) is 0 Å². The number of hydrogen-bond donors (Lipinski definition) is 2. The largest absolute Gasteiger partial charge is 0.384 e. The molecule has 1 unspecified atom stereocenters. The third-order valence-corrected chi connectivity index (χ3v) is 4.71. The van der Waals surface area contributed by atoms with E-state index in [0.29, 0.717) is 13.1 Å². The van der Waals surface area contributed by atoms with E-state index in [9.17, 15) is 5.11 Å². The van der Waals surface area contributed by atoms with Crippen LogP contribution in [-0.4, -0.2) is 34.7 Å². The van der Waals surface area contributed by atoms with E-state index in [1.54, 1.807) is 0 Å². The minimum absolute atomic E-state index is 0.471. The third-order valence-electron chi connectivity index (χ3n) is 4.71. The first-order chi connectivity index (χ1) is 12.0. The number of nitrogens with zero attached hydrogens (tertiary/aromatic N) is 3. The molecule has 0 aliphatic carbocycles. The summed E-state index contributed by atoms with van der Waals surface area (Å²) in [6, 6.07) is 11.8. The van der Waals surface area contributed by atoms with Crippen LogP contribution in [0.3, 0.4) is 0 Å². The van der Waals surface area contributed by atoms with Crippen LogP contribution in [0.4, 0.5) is 5.95 Å². The van der Waals surface area contributed by atoms with E-state index >= 15 is 0 Å². The summed E-state index contributed by atoms with van der Waals surface area (Å²) in [5.41, 5.74) is 1.97. The lowest BCUT2D eigenvalue weighted by Crippen LogP contribution is -2.35. The number of piperidine rings is 1.